The number of phosphoric acid groups is 2. The molecule has 0 spiro atoms. The molecule has 0 saturated heterocycles. The molecule has 0 aromatic rings. The Labute approximate surface area is 524 Å². The van der Waals surface area contributed by atoms with E-state index in [1.165, 1.54) is 135 Å². The van der Waals surface area contributed by atoms with Crippen molar-refractivity contribution in [1.29, 1.82) is 0 Å². The molecule has 86 heavy (non-hydrogen) atoms. The Morgan fingerprint density at radius 1 is 0.314 bits per heavy atom. The van der Waals surface area contributed by atoms with Gasteiger partial charge in [0.2, 0.25) is 0 Å². The quantitative estimate of drug-likeness (QED) is 0.0222. The Hall–Kier alpha value is -1.94. The van der Waals surface area contributed by atoms with Crippen LogP contribution in [0.1, 0.15) is 331 Å². The highest BCUT2D eigenvalue weighted by Gasteiger charge is 2.30. The summed E-state index contributed by atoms with van der Waals surface area (Å²) in [5.41, 5.74) is 0. The third-order valence-corrected chi connectivity index (χ3v) is 17.3. The molecule has 3 N–H and O–H groups in total. The van der Waals surface area contributed by atoms with Crippen molar-refractivity contribution in [3.63, 3.8) is 0 Å². The van der Waals surface area contributed by atoms with Crippen molar-refractivity contribution in [3.8, 4) is 0 Å². The second kappa shape index (κ2) is 58.2. The standard InChI is InChI=1S/C67H130O17P2/c1-8-9-10-31-41-48-64(69)77-54-62(83-67(72)51-44-37-30-24-27-34-40-47-60(6)7)56-81-85(73,74)79-52-61(68)53-80-86(75,76)82-57-63(55-78-65(70)49-42-35-28-22-18-15-14-17-21-26-33-39-46-59(4)5)84-66(71)50-43-36-29-23-19-13-11-12-16-20-25-32-38-45-58(2)3/h58-63,68H,8-57H2,1-7H3,(H,73,74)(H,75,76)/t61-,62+,63+/m0/s1. The minimum Gasteiger partial charge on any atom is -0.462 e. The lowest BCUT2D eigenvalue weighted by atomic mass is 10.0. The first-order valence-corrected chi connectivity index (χ1v) is 37.8. The summed E-state index contributed by atoms with van der Waals surface area (Å²) < 4.78 is 67.9. The normalized spacial score (nSPS) is 14.3. The lowest BCUT2D eigenvalue weighted by molar-refractivity contribution is -0.161. The first-order chi connectivity index (χ1) is 41.2. The highest BCUT2D eigenvalue weighted by molar-refractivity contribution is 7.47. The van der Waals surface area contributed by atoms with Gasteiger partial charge in [0.15, 0.2) is 12.2 Å². The van der Waals surface area contributed by atoms with Gasteiger partial charge >= 0.3 is 39.5 Å². The van der Waals surface area contributed by atoms with Gasteiger partial charge in [-0.2, -0.15) is 0 Å². The lowest BCUT2D eigenvalue weighted by Crippen LogP contribution is -2.30. The molecular weight excluding hydrogens is 1140 g/mol. The zero-order chi connectivity index (χ0) is 63.8. The van der Waals surface area contributed by atoms with Crippen LogP contribution in [0.25, 0.3) is 0 Å². The largest absolute Gasteiger partial charge is 0.472 e. The number of aliphatic hydroxyl groups excluding tert-OH is 1. The van der Waals surface area contributed by atoms with Gasteiger partial charge in [0.1, 0.15) is 19.3 Å². The summed E-state index contributed by atoms with van der Waals surface area (Å²) in [7, 11) is -9.89. The van der Waals surface area contributed by atoms with Crippen molar-refractivity contribution in [1.82, 2.24) is 0 Å². The van der Waals surface area contributed by atoms with Gasteiger partial charge < -0.3 is 33.8 Å². The van der Waals surface area contributed by atoms with Gasteiger partial charge in [0.05, 0.1) is 26.4 Å². The van der Waals surface area contributed by atoms with Crippen LogP contribution in [0.5, 0.6) is 0 Å². The molecule has 0 aromatic carbocycles. The van der Waals surface area contributed by atoms with Crippen molar-refractivity contribution >= 4 is 39.5 Å². The van der Waals surface area contributed by atoms with E-state index in [9.17, 15) is 43.2 Å². The maximum atomic E-state index is 13.0. The van der Waals surface area contributed by atoms with Crippen molar-refractivity contribution in [3.05, 3.63) is 0 Å². The highest BCUT2D eigenvalue weighted by Crippen LogP contribution is 2.45. The molecule has 0 aliphatic heterocycles. The lowest BCUT2D eigenvalue weighted by Gasteiger charge is -2.21. The first kappa shape index (κ1) is 84.1. The van der Waals surface area contributed by atoms with Crippen LogP contribution in [0.4, 0.5) is 0 Å². The molecule has 0 saturated carbocycles. The molecule has 19 heteroatoms. The van der Waals surface area contributed by atoms with Crippen LogP contribution >= 0.6 is 15.6 Å². The van der Waals surface area contributed by atoms with Gasteiger partial charge in [0, 0.05) is 25.7 Å². The predicted molar refractivity (Wildman–Crippen MR) is 344 cm³/mol. The Morgan fingerprint density at radius 3 is 0.791 bits per heavy atom. The number of aliphatic hydroxyl groups is 1. The van der Waals surface area contributed by atoms with Crippen LogP contribution in [-0.2, 0) is 65.4 Å². The summed E-state index contributed by atoms with van der Waals surface area (Å²) in [6.07, 6.45) is 40.8. The number of hydrogen-bond acceptors (Lipinski definition) is 15. The van der Waals surface area contributed by atoms with Crippen LogP contribution in [-0.4, -0.2) is 96.7 Å². The Balaban J connectivity index is 5.17. The Kier molecular flexibility index (Phi) is 56.9. The van der Waals surface area contributed by atoms with E-state index in [1.54, 1.807) is 0 Å². The molecule has 0 bridgehead atoms. The van der Waals surface area contributed by atoms with E-state index in [0.29, 0.717) is 31.6 Å². The van der Waals surface area contributed by atoms with E-state index < -0.39 is 97.5 Å². The molecule has 5 atom stereocenters. The number of carbonyl (C=O) groups excluding carboxylic acids is 4. The zero-order valence-electron chi connectivity index (χ0n) is 55.8. The summed E-state index contributed by atoms with van der Waals surface area (Å²) in [6, 6.07) is 0. The third-order valence-electron chi connectivity index (χ3n) is 15.4. The summed E-state index contributed by atoms with van der Waals surface area (Å²) in [6.45, 7) is 11.7. The maximum Gasteiger partial charge on any atom is 0.472 e. The van der Waals surface area contributed by atoms with Gasteiger partial charge in [0.25, 0.3) is 0 Å². The molecule has 2 unspecified atom stereocenters. The number of hydrogen-bond donors (Lipinski definition) is 3. The van der Waals surface area contributed by atoms with E-state index in [4.69, 9.17) is 37.0 Å². The van der Waals surface area contributed by atoms with Crippen LogP contribution in [0.15, 0.2) is 0 Å². The van der Waals surface area contributed by atoms with E-state index in [1.807, 2.05) is 0 Å². The van der Waals surface area contributed by atoms with E-state index in [0.717, 1.165) is 108 Å². The molecule has 0 aromatic heterocycles. The second-order valence-corrected chi connectivity index (χ2v) is 28.5. The molecular formula is C67H130O17P2. The van der Waals surface area contributed by atoms with Gasteiger partial charge in [-0.05, 0) is 43.4 Å². The van der Waals surface area contributed by atoms with Gasteiger partial charge in [-0.3, -0.25) is 37.3 Å². The molecule has 0 aliphatic rings. The van der Waals surface area contributed by atoms with Crippen LogP contribution in [0.2, 0.25) is 0 Å². The molecule has 0 rings (SSSR count). The van der Waals surface area contributed by atoms with E-state index in [-0.39, 0.29) is 25.7 Å². The minimum atomic E-state index is -4.95. The van der Waals surface area contributed by atoms with Crippen LogP contribution < -0.4 is 0 Å². The average Bonchev–Trinajstić information content (AvgIpc) is 3.62. The van der Waals surface area contributed by atoms with Gasteiger partial charge in [-0.15, -0.1) is 0 Å². The fraction of sp³-hybridized carbons (Fsp3) is 0.940. The first-order valence-electron chi connectivity index (χ1n) is 34.8. The number of ether oxygens (including phenoxy) is 4. The fourth-order valence-electron chi connectivity index (χ4n) is 10.0. The number of phosphoric ester groups is 2. The second-order valence-electron chi connectivity index (χ2n) is 25.6. The monoisotopic (exact) mass is 1270 g/mol. The molecule has 510 valence electrons. The van der Waals surface area contributed by atoms with Crippen molar-refractivity contribution in [2.24, 2.45) is 17.8 Å². The number of rotatable bonds is 65. The number of carbonyl (C=O) groups is 4. The van der Waals surface area contributed by atoms with E-state index >= 15 is 0 Å². The molecule has 17 nitrogen and oxygen atoms in total. The fourth-order valence-corrected chi connectivity index (χ4v) is 11.6. The topological polar surface area (TPSA) is 237 Å². The summed E-state index contributed by atoms with van der Waals surface area (Å²) in [4.78, 5) is 72.1. The third kappa shape index (κ3) is 60.9. The van der Waals surface area contributed by atoms with E-state index in [2.05, 4.69) is 48.5 Å². The minimum absolute atomic E-state index is 0.102. The molecule has 0 heterocycles. The van der Waals surface area contributed by atoms with Crippen molar-refractivity contribution in [2.45, 2.75) is 349 Å². The molecule has 0 radical (unpaired) electrons. The molecule has 0 amide bonds. The summed E-state index contributed by atoms with van der Waals surface area (Å²) in [5, 5.41) is 10.5. The van der Waals surface area contributed by atoms with Crippen LogP contribution in [0.3, 0.4) is 0 Å². The zero-order valence-corrected chi connectivity index (χ0v) is 57.6. The molecule has 0 aliphatic carbocycles. The maximum absolute atomic E-state index is 13.0. The Bertz CT molecular complexity index is 1700. The average molecular weight is 1270 g/mol. The predicted octanol–water partition coefficient (Wildman–Crippen LogP) is 18.7. The number of esters is 4. The van der Waals surface area contributed by atoms with Crippen molar-refractivity contribution in [2.75, 3.05) is 39.6 Å². The smallest absolute Gasteiger partial charge is 0.462 e. The summed E-state index contributed by atoms with van der Waals surface area (Å²) >= 11 is 0. The number of unbranched alkanes of at least 4 members (excludes halogenated alkanes) is 33. The highest BCUT2D eigenvalue weighted by atomic mass is 31.2. The summed E-state index contributed by atoms with van der Waals surface area (Å²) in [5.74, 6) is 0.121. The van der Waals surface area contributed by atoms with Crippen LogP contribution in [0, 0.1) is 17.8 Å². The molecule has 0 fully saturated rings. The van der Waals surface area contributed by atoms with Crippen molar-refractivity contribution < 1.29 is 80.2 Å². The Morgan fingerprint density at radius 2 is 0.535 bits per heavy atom. The SMILES string of the molecule is CCCCCCCC(=O)OC[C@H](COP(=O)(O)OC[C@H](O)COP(=O)(O)OC[C@@H](COC(=O)CCCCCCCCCCCCCCC(C)C)OC(=O)CCCCCCCCCCCCCCCC(C)C)OC(=O)CCCCCCCCCC(C)C. The van der Waals surface area contributed by atoms with Gasteiger partial charge in [-0.25, -0.2) is 9.13 Å². The van der Waals surface area contributed by atoms with Gasteiger partial charge in [-0.1, -0.05) is 280 Å².